The lowest BCUT2D eigenvalue weighted by molar-refractivity contribution is -0.123. The Morgan fingerprint density at radius 2 is 2.11 bits per heavy atom. The summed E-state index contributed by atoms with van der Waals surface area (Å²) in [4.78, 5) is 31.4. The number of thiazole rings is 1. The van der Waals surface area contributed by atoms with Crippen LogP contribution in [0.4, 0.5) is 5.95 Å². The molecule has 0 radical (unpaired) electrons. The van der Waals surface area contributed by atoms with Gasteiger partial charge in [0.05, 0.1) is 41.0 Å². The number of aromatic nitrogens is 3. The first kappa shape index (κ1) is 19.2. The van der Waals surface area contributed by atoms with E-state index in [-0.39, 0.29) is 11.9 Å². The molecule has 2 aromatic rings. The molecule has 2 fully saturated rings. The van der Waals surface area contributed by atoms with E-state index in [0.717, 1.165) is 53.9 Å². The molecule has 2 aliphatic rings. The van der Waals surface area contributed by atoms with Crippen molar-refractivity contribution >= 4 is 23.2 Å². The third-order valence-electron chi connectivity index (χ3n) is 5.09. The molecule has 0 saturated carbocycles. The second kappa shape index (κ2) is 8.50. The Bertz CT molecular complexity index is 836. The minimum absolute atomic E-state index is 0.0826. The Morgan fingerprint density at radius 1 is 1.29 bits per heavy atom. The number of ether oxygens (including phenoxy) is 1. The number of nitrogens with one attached hydrogen (secondary N) is 1. The van der Waals surface area contributed by atoms with Crippen molar-refractivity contribution in [3.05, 3.63) is 23.0 Å². The molecule has 1 amide bonds. The van der Waals surface area contributed by atoms with Gasteiger partial charge in [-0.2, -0.15) is 0 Å². The molecule has 4 heterocycles. The molecule has 2 aromatic heterocycles. The number of nitrogens with zero attached hydrogens (tertiary/aromatic N) is 5. The van der Waals surface area contributed by atoms with Crippen LogP contribution in [0.1, 0.15) is 17.1 Å². The number of hydrogen-bond donors (Lipinski definition) is 1. The minimum Gasteiger partial charge on any atom is -0.379 e. The summed E-state index contributed by atoms with van der Waals surface area (Å²) in [6.45, 7) is 9.09. The summed E-state index contributed by atoms with van der Waals surface area (Å²) in [5, 5.41) is 4.20. The summed E-state index contributed by atoms with van der Waals surface area (Å²) in [6, 6.07) is 2.06. The monoisotopic (exact) mass is 402 g/mol. The van der Waals surface area contributed by atoms with E-state index in [1.54, 1.807) is 17.5 Å². The highest BCUT2D eigenvalue weighted by atomic mass is 32.1. The number of rotatable bonds is 5. The first-order valence-corrected chi connectivity index (χ1v) is 10.5. The standard InChI is InChI=1S/C19H26N6O2S/c1-13-18(28-14(2)21-13)16-3-5-20-19(23-16)25-6-4-15(11-25)22-17(26)12-24-7-9-27-10-8-24/h3,5,15H,4,6-12H2,1-2H3,(H,22,26). The van der Waals surface area contributed by atoms with Crippen LogP contribution < -0.4 is 10.2 Å². The lowest BCUT2D eigenvalue weighted by Gasteiger charge is -2.26. The third kappa shape index (κ3) is 4.48. The van der Waals surface area contributed by atoms with E-state index in [2.05, 4.69) is 25.1 Å². The second-order valence-electron chi connectivity index (χ2n) is 7.28. The largest absolute Gasteiger partial charge is 0.379 e. The third-order valence-corrected chi connectivity index (χ3v) is 6.18. The number of morpholine rings is 1. The Hall–Kier alpha value is -2.10. The van der Waals surface area contributed by atoms with Gasteiger partial charge in [-0.15, -0.1) is 11.3 Å². The molecule has 0 aliphatic carbocycles. The highest BCUT2D eigenvalue weighted by molar-refractivity contribution is 7.15. The molecule has 0 bridgehead atoms. The number of hydrogen-bond acceptors (Lipinski definition) is 8. The van der Waals surface area contributed by atoms with Gasteiger partial charge in [0.25, 0.3) is 0 Å². The zero-order valence-corrected chi connectivity index (χ0v) is 17.2. The molecule has 2 aliphatic heterocycles. The molecule has 150 valence electrons. The van der Waals surface area contributed by atoms with Gasteiger partial charge in [0, 0.05) is 38.4 Å². The molecular formula is C19H26N6O2S. The van der Waals surface area contributed by atoms with Crippen molar-refractivity contribution in [1.29, 1.82) is 0 Å². The molecule has 2 saturated heterocycles. The predicted octanol–water partition coefficient (Wildman–Crippen LogP) is 1.24. The lowest BCUT2D eigenvalue weighted by atomic mass is 10.2. The number of carbonyl (C=O) groups excluding carboxylic acids is 1. The molecule has 4 rings (SSSR count). The maximum Gasteiger partial charge on any atom is 0.234 e. The van der Waals surface area contributed by atoms with E-state index in [4.69, 9.17) is 9.72 Å². The molecule has 1 N–H and O–H groups in total. The van der Waals surface area contributed by atoms with Crippen molar-refractivity contribution < 1.29 is 9.53 Å². The van der Waals surface area contributed by atoms with E-state index in [1.807, 2.05) is 19.9 Å². The highest BCUT2D eigenvalue weighted by Gasteiger charge is 2.26. The van der Waals surface area contributed by atoms with Crippen molar-refractivity contribution in [3.8, 4) is 10.6 Å². The number of amides is 1. The number of anilines is 1. The van der Waals surface area contributed by atoms with Crippen LogP contribution >= 0.6 is 11.3 Å². The smallest absolute Gasteiger partial charge is 0.234 e. The summed E-state index contributed by atoms with van der Waals surface area (Å²) in [5.74, 6) is 0.798. The van der Waals surface area contributed by atoms with Crippen LogP contribution in [0, 0.1) is 13.8 Å². The fourth-order valence-corrected chi connectivity index (χ4v) is 4.58. The SMILES string of the molecule is Cc1nc(C)c(-c2ccnc(N3CCC(NC(=O)CN4CCOCC4)C3)n2)s1. The predicted molar refractivity (Wildman–Crippen MR) is 109 cm³/mol. The summed E-state index contributed by atoms with van der Waals surface area (Å²) in [7, 11) is 0. The normalized spacial score (nSPS) is 20.5. The fraction of sp³-hybridized carbons (Fsp3) is 0.579. The van der Waals surface area contributed by atoms with E-state index in [1.165, 1.54) is 0 Å². The molecule has 8 nitrogen and oxygen atoms in total. The minimum atomic E-state index is 0.0826. The maximum atomic E-state index is 12.3. The van der Waals surface area contributed by atoms with Gasteiger partial charge in [0.2, 0.25) is 11.9 Å². The average Bonchev–Trinajstić information content (AvgIpc) is 3.28. The van der Waals surface area contributed by atoms with Gasteiger partial charge in [0.1, 0.15) is 0 Å². The van der Waals surface area contributed by atoms with Crippen LogP contribution in [0.3, 0.4) is 0 Å². The molecule has 9 heteroatoms. The Balaban J connectivity index is 1.35. The fourth-order valence-electron chi connectivity index (χ4n) is 3.69. The van der Waals surface area contributed by atoms with Crippen LogP contribution in [0.15, 0.2) is 12.3 Å². The zero-order valence-electron chi connectivity index (χ0n) is 16.3. The number of carbonyl (C=O) groups is 1. The van der Waals surface area contributed by atoms with Gasteiger partial charge in [-0.25, -0.2) is 15.0 Å². The molecule has 0 aromatic carbocycles. The van der Waals surface area contributed by atoms with Crippen LogP contribution in [0.2, 0.25) is 0 Å². The van der Waals surface area contributed by atoms with E-state index < -0.39 is 0 Å². The van der Waals surface area contributed by atoms with Gasteiger partial charge in [-0.05, 0) is 26.3 Å². The summed E-state index contributed by atoms with van der Waals surface area (Å²) in [6.07, 6.45) is 2.71. The van der Waals surface area contributed by atoms with E-state index >= 15 is 0 Å². The van der Waals surface area contributed by atoms with Crippen molar-refractivity contribution in [3.63, 3.8) is 0 Å². The van der Waals surface area contributed by atoms with E-state index in [9.17, 15) is 4.79 Å². The van der Waals surface area contributed by atoms with Crippen LogP contribution in [-0.2, 0) is 9.53 Å². The second-order valence-corrected chi connectivity index (χ2v) is 8.48. The summed E-state index contributed by atoms with van der Waals surface area (Å²) < 4.78 is 5.33. The summed E-state index contributed by atoms with van der Waals surface area (Å²) in [5.41, 5.74) is 1.91. The Morgan fingerprint density at radius 3 is 2.86 bits per heavy atom. The van der Waals surface area contributed by atoms with Crippen molar-refractivity contribution in [2.75, 3.05) is 50.8 Å². The Kier molecular flexibility index (Phi) is 5.84. The molecular weight excluding hydrogens is 376 g/mol. The van der Waals surface area contributed by atoms with Crippen LogP contribution in [0.25, 0.3) is 10.6 Å². The maximum absolute atomic E-state index is 12.3. The van der Waals surface area contributed by atoms with Crippen LogP contribution in [0.5, 0.6) is 0 Å². The highest BCUT2D eigenvalue weighted by Crippen LogP contribution is 2.29. The van der Waals surface area contributed by atoms with Gasteiger partial charge in [-0.1, -0.05) is 0 Å². The topological polar surface area (TPSA) is 83.5 Å². The van der Waals surface area contributed by atoms with Gasteiger partial charge < -0.3 is 15.0 Å². The van der Waals surface area contributed by atoms with Crippen molar-refractivity contribution in [2.45, 2.75) is 26.3 Å². The van der Waals surface area contributed by atoms with Gasteiger partial charge in [0.15, 0.2) is 0 Å². The molecule has 28 heavy (non-hydrogen) atoms. The first-order valence-electron chi connectivity index (χ1n) is 9.70. The average molecular weight is 403 g/mol. The molecule has 1 unspecified atom stereocenters. The van der Waals surface area contributed by atoms with Gasteiger partial charge in [-0.3, -0.25) is 9.69 Å². The van der Waals surface area contributed by atoms with Crippen molar-refractivity contribution in [1.82, 2.24) is 25.2 Å². The van der Waals surface area contributed by atoms with Crippen molar-refractivity contribution in [2.24, 2.45) is 0 Å². The quantitative estimate of drug-likeness (QED) is 0.806. The molecule has 1 atom stereocenters. The number of aryl methyl sites for hydroxylation is 2. The molecule has 0 spiro atoms. The zero-order chi connectivity index (χ0) is 19.5. The van der Waals surface area contributed by atoms with Gasteiger partial charge >= 0.3 is 0 Å². The Labute approximate surface area is 169 Å². The summed E-state index contributed by atoms with van der Waals surface area (Å²) >= 11 is 1.65. The lowest BCUT2D eigenvalue weighted by Crippen LogP contribution is -2.46. The first-order chi connectivity index (χ1) is 13.6. The van der Waals surface area contributed by atoms with E-state index in [0.29, 0.717) is 25.7 Å². The van der Waals surface area contributed by atoms with Crippen LogP contribution in [-0.4, -0.2) is 77.7 Å².